The monoisotopic (exact) mass is 410 g/mol. The predicted octanol–water partition coefficient (Wildman–Crippen LogP) is 4.43. The third-order valence-electron chi connectivity index (χ3n) is 4.75. The van der Waals surface area contributed by atoms with E-state index in [1.165, 1.54) is 30.3 Å². The molecule has 4 rings (SSSR count). The van der Waals surface area contributed by atoms with Gasteiger partial charge < -0.3 is 15.4 Å². The maximum atomic E-state index is 13.2. The molecule has 146 valence electrons. The van der Waals surface area contributed by atoms with Crippen molar-refractivity contribution in [2.45, 2.75) is 18.5 Å². The van der Waals surface area contributed by atoms with Crippen LogP contribution in [0.3, 0.4) is 0 Å². The Bertz CT molecular complexity index is 977. The Balaban J connectivity index is 1.51. The number of hydrogen-bond acceptors (Lipinski definition) is 3. The van der Waals surface area contributed by atoms with Gasteiger partial charge in [-0.1, -0.05) is 29.8 Å². The minimum atomic E-state index is -4.47. The maximum absolute atomic E-state index is 13.2. The summed E-state index contributed by atoms with van der Waals surface area (Å²) in [5.74, 6) is -1.44. The molecule has 2 atom stereocenters. The lowest BCUT2D eigenvalue weighted by Crippen LogP contribution is -2.25. The van der Waals surface area contributed by atoms with Gasteiger partial charge in [0, 0.05) is 12.0 Å². The van der Waals surface area contributed by atoms with E-state index in [-0.39, 0.29) is 28.8 Å². The smallest absolute Gasteiger partial charge is 0.416 e. The Hall–Kier alpha value is -2.74. The molecular formula is C19H14ClF3N2O3. The molecular weight excluding hydrogens is 397 g/mol. The average Bonchev–Trinajstić information content (AvgIpc) is 3.42. The molecule has 0 aromatic heterocycles. The summed E-state index contributed by atoms with van der Waals surface area (Å²) in [4.78, 5) is 23.9. The van der Waals surface area contributed by atoms with Gasteiger partial charge in [0.05, 0.1) is 22.0 Å². The molecule has 2 aromatic carbocycles. The molecule has 0 bridgehead atoms. The number of benzene rings is 2. The van der Waals surface area contributed by atoms with Gasteiger partial charge in [-0.05, 0) is 30.0 Å². The summed E-state index contributed by atoms with van der Waals surface area (Å²) >= 11 is 6.15. The quantitative estimate of drug-likeness (QED) is 0.786. The number of rotatable bonds is 3. The van der Waals surface area contributed by atoms with Crippen molar-refractivity contribution in [1.29, 1.82) is 0 Å². The minimum absolute atomic E-state index is 0.123. The van der Waals surface area contributed by atoms with Crippen LogP contribution in [0.5, 0.6) is 5.75 Å². The Morgan fingerprint density at radius 2 is 2.00 bits per heavy atom. The van der Waals surface area contributed by atoms with Crippen molar-refractivity contribution >= 4 is 34.8 Å². The second-order valence-electron chi connectivity index (χ2n) is 6.69. The Morgan fingerprint density at radius 3 is 2.75 bits per heavy atom. The highest BCUT2D eigenvalue weighted by molar-refractivity contribution is 6.34. The van der Waals surface area contributed by atoms with Gasteiger partial charge in [-0.3, -0.25) is 9.59 Å². The number of carbonyl (C=O) groups excluding carboxylic acids is 2. The highest BCUT2D eigenvalue weighted by atomic mass is 35.5. The van der Waals surface area contributed by atoms with E-state index in [2.05, 4.69) is 10.6 Å². The standard InChI is InChI=1S/C19H14ClF3N2O3/c20-13-6-15-16(28-8-17(26)24-15)7-14(13)25-18(27)11-5-10(11)9-3-1-2-4-12(9)19(21,22)23/h1-4,6-7,10-11H,5,8H2,(H,24,26)(H,25,27). The molecule has 2 aliphatic rings. The van der Waals surface area contributed by atoms with Crippen molar-refractivity contribution in [3.8, 4) is 5.75 Å². The van der Waals surface area contributed by atoms with E-state index >= 15 is 0 Å². The second kappa shape index (κ2) is 6.70. The molecule has 2 unspecified atom stereocenters. The van der Waals surface area contributed by atoms with Gasteiger partial charge in [0.1, 0.15) is 5.75 Å². The number of halogens is 4. The van der Waals surface area contributed by atoms with E-state index < -0.39 is 29.5 Å². The van der Waals surface area contributed by atoms with Crippen LogP contribution in [-0.4, -0.2) is 18.4 Å². The third-order valence-corrected chi connectivity index (χ3v) is 5.07. The highest BCUT2D eigenvalue weighted by Gasteiger charge is 2.48. The van der Waals surface area contributed by atoms with Crippen molar-refractivity contribution in [2.24, 2.45) is 5.92 Å². The van der Waals surface area contributed by atoms with Crippen molar-refractivity contribution in [1.82, 2.24) is 0 Å². The Morgan fingerprint density at radius 1 is 1.25 bits per heavy atom. The normalized spacial score (nSPS) is 20.6. The lowest BCUT2D eigenvalue weighted by molar-refractivity contribution is -0.138. The largest absolute Gasteiger partial charge is 0.482 e. The number of amides is 2. The summed E-state index contributed by atoms with van der Waals surface area (Å²) in [6.07, 6.45) is -4.14. The molecule has 0 spiro atoms. The van der Waals surface area contributed by atoms with Gasteiger partial charge in [0.15, 0.2) is 6.61 Å². The molecule has 9 heteroatoms. The maximum Gasteiger partial charge on any atom is 0.416 e. The van der Waals surface area contributed by atoms with Gasteiger partial charge >= 0.3 is 6.18 Å². The van der Waals surface area contributed by atoms with E-state index in [0.29, 0.717) is 17.9 Å². The molecule has 1 fully saturated rings. The van der Waals surface area contributed by atoms with Crippen molar-refractivity contribution in [3.05, 3.63) is 52.5 Å². The SMILES string of the molecule is O=C1COc2cc(NC(=O)C3CC3c3ccccc3C(F)(F)F)c(Cl)cc2N1. The lowest BCUT2D eigenvalue weighted by Gasteiger charge is -2.19. The summed E-state index contributed by atoms with van der Waals surface area (Å²) in [7, 11) is 0. The first-order valence-corrected chi connectivity index (χ1v) is 8.85. The fraction of sp³-hybridized carbons (Fsp3) is 0.263. The summed E-state index contributed by atoms with van der Waals surface area (Å²) in [6.45, 7) is -0.152. The number of fused-ring (bicyclic) bond motifs is 1. The topological polar surface area (TPSA) is 67.4 Å². The molecule has 0 saturated heterocycles. The first-order chi connectivity index (χ1) is 13.2. The first-order valence-electron chi connectivity index (χ1n) is 8.47. The summed E-state index contributed by atoms with van der Waals surface area (Å²) in [5.41, 5.74) is 0.0722. The van der Waals surface area contributed by atoms with Crippen LogP contribution in [0.15, 0.2) is 36.4 Å². The number of anilines is 2. The van der Waals surface area contributed by atoms with Crippen LogP contribution in [0.2, 0.25) is 5.02 Å². The molecule has 2 N–H and O–H groups in total. The van der Waals surface area contributed by atoms with Crippen molar-refractivity contribution < 1.29 is 27.5 Å². The molecule has 1 saturated carbocycles. The average molecular weight is 411 g/mol. The molecule has 28 heavy (non-hydrogen) atoms. The summed E-state index contributed by atoms with van der Waals surface area (Å²) < 4.78 is 44.9. The first kappa shape index (κ1) is 18.6. The summed E-state index contributed by atoms with van der Waals surface area (Å²) in [6, 6.07) is 8.22. The van der Waals surface area contributed by atoms with Crippen LogP contribution in [0.25, 0.3) is 0 Å². The van der Waals surface area contributed by atoms with E-state index in [4.69, 9.17) is 16.3 Å². The zero-order chi connectivity index (χ0) is 20.1. The third kappa shape index (κ3) is 3.52. The zero-order valence-electron chi connectivity index (χ0n) is 14.3. The van der Waals surface area contributed by atoms with E-state index in [1.807, 2.05) is 0 Å². The molecule has 5 nitrogen and oxygen atoms in total. The Kier molecular flexibility index (Phi) is 4.45. The fourth-order valence-electron chi connectivity index (χ4n) is 3.33. The predicted molar refractivity (Wildman–Crippen MR) is 96.5 cm³/mol. The van der Waals surface area contributed by atoms with Crippen LogP contribution in [0.4, 0.5) is 24.5 Å². The number of hydrogen-bond donors (Lipinski definition) is 2. The number of carbonyl (C=O) groups is 2. The van der Waals surface area contributed by atoms with Crippen LogP contribution in [-0.2, 0) is 15.8 Å². The Labute approximate surface area is 162 Å². The molecule has 0 radical (unpaired) electrons. The van der Waals surface area contributed by atoms with Gasteiger partial charge in [0.2, 0.25) is 5.91 Å². The van der Waals surface area contributed by atoms with Crippen LogP contribution >= 0.6 is 11.6 Å². The molecule has 1 aliphatic heterocycles. The molecule has 2 aromatic rings. The van der Waals surface area contributed by atoms with Crippen LogP contribution < -0.4 is 15.4 Å². The van der Waals surface area contributed by atoms with Gasteiger partial charge in [-0.2, -0.15) is 13.2 Å². The number of alkyl halides is 3. The lowest BCUT2D eigenvalue weighted by atomic mass is 10.0. The zero-order valence-corrected chi connectivity index (χ0v) is 15.0. The fourth-order valence-corrected chi connectivity index (χ4v) is 3.54. The van der Waals surface area contributed by atoms with E-state index in [1.54, 1.807) is 0 Å². The van der Waals surface area contributed by atoms with Crippen molar-refractivity contribution in [3.63, 3.8) is 0 Å². The number of nitrogens with one attached hydrogen (secondary N) is 2. The van der Waals surface area contributed by atoms with Crippen molar-refractivity contribution in [2.75, 3.05) is 17.2 Å². The van der Waals surface area contributed by atoms with Crippen LogP contribution in [0, 0.1) is 5.92 Å². The van der Waals surface area contributed by atoms with Crippen LogP contribution in [0.1, 0.15) is 23.5 Å². The highest BCUT2D eigenvalue weighted by Crippen LogP contribution is 2.51. The van der Waals surface area contributed by atoms with E-state index in [9.17, 15) is 22.8 Å². The van der Waals surface area contributed by atoms with Gasteiger partial charge in [-0.15, -0.1) is 0 Å². The summed E-state index contributed by atoms with van der Waals surface area (Å²) in [5, 5.41) is 5.43. The van der Waals surface area contributed by atoms with Gasteiger partial charge in [-0.25, -0.2) is 0 Å². The minimum Gasteiger partial charge on any atom is -0.482 e. The second-order valence-corrected chi connectivity index (χ2v) is 7.10. The number of ether oxygens (including phenoxy) is 1. The molecule has 1 aliphatic carbocycles. The van der Waals surface area contributed by atoms with E-state index in [0.717, 1.165) is 6.07 Å². The molecule has 2 amide bonds. The van der Waals surface area contributed by atoms with Gasteiger partial charge in [0.25, 0.3) is 5.91 Å². The molecule has 1 heterocycles.